The average molecular weight is 208 g/mol. The van der Waals surface area contributed by atoms with Crippen molar-refractivity contribution in [3.63, 3.8) is 0 Å². The average Bonchev–Trinajstić information content (AvgIpc) is 2.86. The lowest BCUT2D eigenvalue weighted by Gasteiger charge is -2.22. The molecule has 2 N–H and O–H groups in total. The van der Waals surface area contributed by atoms with Crippen LogP contribution in [-0.2, 0) is 11.8 Å². The number of aromatic amines is 1. The van der Waals surface area contributed by atoms with E-state index in [2.05, 4.69) is 34.3 Å². The van der Waals surface area contributed by atoms with E-state index < -0.39 is 0 Å². The SMILES string of the molecule is CCCc1nc(C2(CC)CCNC2)n[nH]1. The van der Waals surface area contributed by atoms with Gasteiger partial charge < -0.3 is 5.32 Å². The lowest BCUT2D eigenvalue weighted by Crippen LogP contribution is -2.29. The van der Waals surface area contributed by atoms with Crippen molar-refractivity contribution >= 4 is 0 Å². The first kappa shape index (κ1) is 10.6. The molecule has 4 heteroatoms. The van der Waals surface area contributed by atoms with Crippen LogP contribution in [0.5, 0.6) is 0 Å². The second kappa shape index (κ2) is 4.31. The maximum atomic E-state index is 4.62. The van der Waals surface area contributed by atoms with Gasteiger partial charge in [-0.15, -0.1) is 0 Å². The highest BCUT2D eigenvalue weighted by Gasteiger charge is 2.37. The van der Waals surface area contributed by atoms with E-state index in [1.54, 1.807) is 0 Å². The summed E-state index contributed by atoms with van der Waals surface area (Å²) in [7, 11) is 0. The van der Waals surface area contributed by atoms with Gasteiger partial charge in [-0.05, 0) is 25.8 Å². The Morgan fingerprint density at radius 2 is 2.27 bits per heavy atom. The summed E-state index contributed by atoms with van der Waals surface area (Å²) in [5, 5.41) is 10.8. The van der Waals surface area contributed by atoms with Crippen LogP contribution in [0.15, 0.2) is 0 Å². The molecule has 0 saturated carbocycles. The molecule has 1 unspecified atom stereocenters. The second-order valence-electron chi connectivity index (χ2n) is 4.42. The summed E-state index contributed by atoms with van der Waals surface area (Å²) in [5.74, 6) is 2.05. The minimum Gasteiger partial charge on any atom is -0.316 e. The zero-order valence-electron chi connectivity index (χ0n) is 9.64. The molecule has 2 heterocycles. The number of hydrogen-bond donors (Lipinski definition) is 2. The van der Waals surface area contributed by atoms with Gasteiger partial charge in [-0.3, -0.25) is 5.10 Å². The molecule has 2 rings (SSSR count). The largest absolute Gasteiger partial charge is 0.316 e. The van der Waals surface area contributed by atoms with Crippen LogP contribution in [-0.4, -0.2) is 28.3 Å². The van der Waals surface area contributed by atoms with Crippen LogP contribution in [0.1, 0.15) is 44.8 Å². The summed E-state index contributed by atoms with van der Waals surface area (Å²) >= 11 is 0. The zero-order chi connectivity index (χ0) is 10.7. The Balaban J connectivity index is 2.19. The molecule has 0 radical (unpaired) electrons. The molecule has 84 valence electrons. The highest BCUT2D eigenvalue weighted by atomic mass is 15.2. The highest BCUT2D eigenvalue weighted by molar-refractivity contribution is 5.12. The van der Waals surface area contributed by atoms with Crippen molar-refractivity contribution < 1.29 is 0 Å². The molecule has 1 aromatic heterocycles. The molecule has 1 aliphatic rings. The first-order valence-corrected chi connectivity index (χ1v) is 5.93. The van der Waals surface area contributed by atoms with Gasteiger partial charge in [0.1, 0.15) is 5.82 Å². The number of nitrogens with one attached hydrogen (secondary N) is 2. The quantitative estimate of drug-likeness (QED) is 0.786. The number of hydrogen-bond acceptors (Lipinski definition) is 3. The predicted octanol–water partition coefficient (Wildman–Crippen LogP) is 1.40. The van der Waals surface area contributed by atoms with Crippen molar-refractivity contribution in [2.75, 3.05) is 13.1 Å². The van der Waals surface area contributed by atoms with Crippen LogP contribution in [0.3, 0.4) is 0 Å². The summed E-state index contributed by atoms with van der Waals surface area (Å²) < 4.78 is 0. The molecule has 1 aromatic rings. The minimum atomic E-state index is 0.183. The van der Waals surface area contributed by atoms with Crippen molar-refractivity contribution in [3.05, 3.63) is 11.6 Å². The lowest BCUT2D eigenvalue weighted by atomic mass is 9.83. The molecular weight excluding hydrogens is 188 g/mol. The Labute approximate surface area is 90.9 Å². The first-order chi connectivity index (χ1) is 7.30. The van der Waals surface area contributed by atoms with E-state index in [9.17, 15) is 0 Å². The van der Waals surface area contributed by atoms with E-state index in [0.717, 1.165) is 50.4 Å². The Kier molecular flexibility index (Phi) is 3.05. The number of aryl methyl sites for hydroxylation is 1. The van der Waals surface area contributed by atoms with Crippen molar-refractivity contribution in [3.8, 4) is 0 Å². The highest BCUT2D eigenvalue weighted by Crippen LogP contribution is 2.31. The van der Waals surface area contributed by atoms with Crippen LogP contribution in [0.4, 0.5) is 0 Å². The van der Waals surface area contributed by atoms with E-state index in [0.29, 0.717) is 0 Å². The number of H-pyrrole nitrogens is 1. The summed E-state index contributed by atoms with van der Waals surface area (Å²) in [5.41, 5.74) is 0.183. The minimum absolute atomic E-state index is 0.183. The molecule has 4 nitrogen and oxygen atoms in total. The van der Waals surface area contributed by atoms with Gasteiger partial charge in [0.2, 0.25) is 0 Å². The van der Waals surface area contributed by atoms with Gasteiger partial charge in [-0.25, -0.2) is 4.98 Å². The number of aromatic nitrogens is 3. The third-order valence-corrected chi connectivity index (χ3v) is 3.41. The Morgan fingerprint density at radius 1 is 1.40 bits per heavy atom. The van der Waals surface area contributed by atoms with E-state index >= 15 is 0 Å². The summed E-state index contributed by atoms with van der Waals surface area (Å²) in [6.07, 6.45) is 4.39. The standard InChI is InChI=1S/C11H20N4/c1-3-5-9-13-10(15-14-9)11(4-2)6-7-12-8-11/h12H,3-8H2,1-2H3,(H,13,14,15). The Morgan fingerprint density at radius 3 is 2.87 bits per heavy atom. The number of rotatable bonds is 4. The molecular formula is C11H20N4. The zero-order valence-corrected chi connectivity index (χ0v) is 9.64. The van der Waals surface area contributed by atoms with E-state index in [1.165, 1.54) is 0 Å². The molecule has 1 atom stereocenters. The molecule has 1 aliphatic heterocycles. The fraction of sp³-hybridized carbons (Fsp3) is 0.818. The third-order valence-electron chi connectivity index (χ3n) is 3.41. The van der Waals surface area contributed by atoms with E-state index in [-0.39, 0.29) is 5.41 Å². The van der Waals surface area contributed by atoms with E-state index in [4.69, 9.17) is 0 Å². The van der Waals surface area contributed by atoms with Gasteiger partial charge in [0.25, 0.3) is 0 Å². The smallest absolute Gasteiger partial charge is 0.158 e. The fourth-order valence-electron chi connectivity index (χ4n) is 2.28. The first-order valence-electron chi connectivity index (χ1n) is 5.93. The normalized spacial score (nSPS) is 26.0. The van der Waals surface area contributed by atoms with Crippen LogP contribution >= 0.6 is 0 Å². The Hall–Kier alpha value is -0.900. The third kappa shape index (κ3) is 1.91. The fourth-order valence-corrected chi connectivity index (χ4v) is 2.28. The van der Waals surface area contributed by atoms with Crippen molar-refractivity contribution in [2.45, 2.75) is 44.9 Å². The predicted molar refractivity (Wildman–Crippen MR) is 59.8 cm³/mol. The topological polar surface area (TPSA) is 53.6 Å². The Bertz CT molecular complexity index is 312. The van der Waals surface area contributed by atoms with Gasteiger partial charge in [0.05, 0.1) is 0 Å². The molecule has 0 aliphatic carbocycles. The molecule has 0 bridgehead atoms. The van der Waals surface area contributed by atoms with Crippen LogP contribution < -0.4 is 5.32 Å². The van der Waals surface area contributed by atoms with Crippen LogP contribution in [0.2, 0.25) is 0 Å². The van der Waals surface area contributed by atoms with Gasteiger partial charge >= 0.3 is 0 Å². The molecule has 0 spiro atoms. The maximum Gasteiger partial charge on any atom is 0.158 e. The van der Waals surface area contributed by atoms with Gasteiger partial charge in [0.15, 0.2) is 5.82 Å². The molecule has 0 aromatic carbocycles. The molecule has 0 amide bonds. The molecule has 1 saturated heterocycles. The van der Waals surface area contributed by atoms with Crippen molar-refractivity contribution in [1.82, 2.24) is 20.5 Å². The summed E-state index contributed by atoms with van der Waals surface area (Å²) in [6, 6.07) is 0. The summed E-state index contributed by atoms with van der Waals surface area (Å²) in [6.45, 7) is 6.50. The van der Waals surface area contributed by atoms with Gasteiger partial charge in [0, 0.05) is 18.4 Å². The van der Waals surface area contributed by atoms with Gasteiger partial charge in [-0.2, -0.15) is 5.10 Å². The molecule has 15 heavy (non-hydrogen) atoms. The molecule has 1 fully saturated rings. The van der Waals surface area contributed by atoms with Crippen molar-refractivity contribution in [2.24, 2.45) is 0 Å². The maximum absolute atomic E-state index is 4.62. The van der Waals surface area contributed by atoms with Gasteiger partial charge in [-0.1, -0.05) is 13.8 Å². The summed E-state index contributed by atoms with van der Waals surface area (Å²) in [4.78, 5) is 4.62. The van der Waals surface area contributed by atoms with Crippen LogP contribution in [0, 0.1) is 0 Å². The second-order valence-corrected chi connectivity index (χ2v) is 4.42. The van der Waals surface area contributed by atoms with E-state index in [1.807, 2.05) is 0 Å². The lowest BCUT2D eigenvalue weighted by molar-refractivity contribution is 0.427. The monoisotopic (exact) mass is 208 g/mol. The number of nitrogens with zero attached hydrogens (tertiary/aromatic N) is 2. The van der Waals surface area contributed by atoms with Crippen LogP contribution in [0.25, 0.3) is 0 Å². The van der Waals surface area contributed by atoms with Crippen molar-refractivity contribution in [1.29, 1.82) is 0 Å².